The Labute approximate surface area is 54.8 Å². The molecule has 0 unspecified atom stereocenters. The SMILES string of the molecule is CC1(C)CC(N)=[N+]([O-])C1. The summed E-state index contributed by atoms with van der Waals surface area (Å²) >= 11 is 0. The standard InChI is InChI=1S/C6H12N2O/c1-6(2)3-5(7)8(9)4-6/h3-4,7H2,1-2H3. The summed E-state index contributed by atoms with van der Waals surface area (Å²) in [5.74, 6) is 0.472. The zero-order valence-electron chi connectivity index (χ0n) is 5.85. The Morgan fingerprint density at radius 3 is 2.33 bits per heavy atom. The van der Waals surface area contributed by atoms with E-state index in [9.17, 15) is 5.21 Å². The molecule has 0 bridgehead atoms. The van der Waals surface area contributed by atoms with Crippen LogP contribution in [0.25, 0.3) is 0 Å². The van der Waals surface area contributed by atoms with Crippen LogP contribution < -0.4 is 5.73 Å². The maximum Gasteiger partial charge on any atom is 0.246 e. The van der Waals surface area contributed by atoms with Gasteiger partial charge in [-0.25, -0.2) is 0 Å². The van der Waals surface area contributed by atoms with Gasteiger partial charge in [0.15, 0.2) is 0 Å². The second-order valence-corrected chi connectivity index (χ2v) is 3.37. The molecule has 0 aromatic rings. The molecule has 2 N–H and O–H groups in total. The van der Waals surface area contributed by atoms with Crippen LogP contribution in [0.3, 0.4) is 0 Å². The summed E-state index contributed by atoms with van der Waals surface area (Å²) < 4.78 is 0.875. The lowest BCUT2D eigenvalue weighted by Crippen LogP contribution is -2.17. The van der Waals surface area contributed by atoms with E-state index in [-0.39, 0.29) is 5.41 Å². The Balaban J connectivity index is 2.70. The Morgan fingerprint density at radius 1 is 1.67 bits per heavy atom. The number of amidine groups is 1. The van der Waals surface area contributed by atoms with Crippen molar-refractivity contribution in [1.29, 1.82) is 0 Å². The van der Waals surface area contributed by atoms with Crippen LogP contribution in [0.2, 0.25) is 0 Å². The molecule has 0 spiro atoms. The highest BCUT2D eigenvalue weighted by Crippen LogP contribution is 2.24. The molecule has 1 aliphatic heterocycles. The predicted molar refractivity (Wildman–Crippen MR) is 36.1 cm³/mol. The third kappa shape index (κ3) is 1.15. The van der Waals surface area contributed by atoms with Crippen molar-refractivity contribution < 1.29 is 4.74 Å². The van der Waals surface area contributed by atoms with Gasteiger partial charge in [0, 0.05) is 5.41 Å². The molecule has 9 heavy (non-hydrogen) atoms. The Morgan fingerprint density at radius 2 is 2.22 bits per heavy atom. The smallest absolute Gasteiger partial charge is 0.246 e. The van der Waals surface area contributed by atoms with E-state index in [0.717, 1.165) is 11.2 Å². The van der Waals surface area contributed by atoms with Crippen molar-refractivity contribution in [2.75, 3.05) is 6.54 Å². The highest BCUT2D eigenvalue weighted by Gasteiger charge is 2.30. The van der Waals surface area contributed by atoms with Crippen LogP contribution >= 0.6 is 0 Å². The zero-order chi connectivity index (χ0) is 7.07. The fourth-order valence-electron chi connectivity index (χ4n) is 1.12. The van der Waals surface area contributed by atoms with Gasteiger partial charge < -0.3 is 5.21 Å². The Kier molecular flexibility index (Phi) is 1.15. The summed E-state index contributed by atoms with van der Waals surface area (Å²) in [5.41, 5.74) is 5.47. The van der Waals surface area contributed by atoms with Gasteiger partial charge in [-0.15, -0.1) is 0 Å². The van der Waals surface area contributed by atoms with Gasteiger partial charge in [-0.2, -0.15) is 0 Å². The third-order valence-electron chi connectivity index (χ3n) is 1.55. The van der Waals surface area contributed by atoms with E-state index in [1.54, 1.807) is 0 Å². The largest absolute Gasteiger partial charge is 0.715 e. The van der Waals surface area contributed by atoms with Crippen LogP contribution in [0.4, 0.5) is 0 Å². The molecule has 1 aliphatic rings. The van der Waals surface area contributed by atoms with Crippen molar-refractivity contribution in [3.63, 3.8) is 0 Å². The molecule has 0 atom stereocenters. The van der Waals surface area contributed by atoms with Gasteiger partial charge >= 0.3 is 0 Å². The summed E-state index contributed by atoms with van der Waals surface area (Å²) in [6.07, 6.45) is 0.733. The third-order valence-corrected chi connectivity index (χ3v) is 1.55. The first-order valence-electron chi connectivity index (χ1n) is 3.07. The molecule has 52 valence electrons. The van der Waals surface area contributed by atoms with E-state index in [1.807, 2.05) is 13.8 Å². The second-order valence-electron chi connectivity index (χ2n) is 3.37. The minimum absolute atomic E-state index is 0.0891. The normalized spacial score (nSPS) is 25.1. The lowest BCUT2D eigenvalue weighted by atomic mass is 9.92. The van der Waals surface area contributed by atoms with Crippen molar-refractivity contribution in [1.82, 2.24) is 0 Å². The van der Waals surface area contributed by atoms with Crippen LogP contribution in [0.5, 0.6) is 0 Å². The van der Waals surface area contributed by atoms with Crippen LogP contribution in [0, 0.1) is 10.6 Å². The van der Waals surface area contributed by atoms with Gasteiger partial charge in [0.1, 0.15) is 0 Å². The first kappa shape index (κ1) is 6.39. The van der Waals surface area contributed by atoms with Gasteiger partial charge in [0.25, 0.3) is 0 Å². The fraction of sp³-hybridized carbons (Fsp3) is 0.833. The lowest BCUT2D eigenvalue weighted by molar-refractivity contribution is -0.461. The molecule has 0 saturated heterocycles. The summed E-state index contributed by atoms with van der Waals surface area (Å²) in [6, 6.07) is 0. The molecule has 3 heteroatoms. The number of hydroxylamine groups is 1. The highest BCUT2D eigenvalue weighted by atomic mass is 16.5. The van der Waals surface area contributed by atoms with E-state index >= 15 is 0 Å². The number of hydrogen-bond donors (Lipinski definition) is 1. The van der Waals surface area contributed by atoms with Crippen molar-refractivity contribution in [2.45, 2.75) is 20.3 Å². The van der Waals surface area contributed by atoms with Gasteiger partial charge in [0.05, 0.1) is 13.0 Å². The molecular weight excluding hydrogens is 116 g/mol. The average molecular weight is 128 g/mol. The van der Waals surface area contributed by atoms with Crippen LogP contribution in [-0.4, -0.2) is 17.1 Å². The van der Waals surface area contributed by atoms with Gasteiger partial charge in [0.2, 0.25) is 5.84 Å². The van der Waals surface area contributed by atoms with Crippen LogP contribution in [0.1, 0.15) is 20.3 Å². The maximum absolute atomic E-state index is 10.7. The molecule has 0 aromatic heterocycles. The van der Waals surface area contributed by atoms with E-state index in [4.69, 9.17) is 5.73 Å². The number of nitrogens with zero attached hydrogens (tertiary/aromatic N) is 1. The molecule has 0 aromatic carbocycles. The number of rotatable bonds is 0. The summed E-state index contributed by atoms with van der Waals surface area (Å²) in [4.78, 5) is 0. The minimum atomic E-state index is 0.0891. The molecular formula is C6H12N2O. The first-order chi connectivity index (χ1) is 4.01. The quantitative estimate of drug-likeness (QED) is 0.376. The monoisotopic (exact) mass is 128 g/mol. The lowest BCUT2D eigenvalue weighted by Gasteiger charge is -2.13. The summed E-state index contributed by atoms with van der Waals surface area (Å²) in [6.45, 7) is 4.62. The molecule has 0 saturated carbocycles. The number of hydrogen-bond acceptors (Lipinski definition) is 2. The molecule has 0 radical (unpaired) electrons. The highest BCUT2D eigenvalue weighted by molar-refractivity contribution is 5.77. The topological polar surface area (TPSA) is 52.1 Å². The average Bonchev–Trinajstić information content (AvgIpc) is 1.79. The predicted octanol–water partition coefficient (Wildman–Crippen LogP) is 0.284. The Hall–Kier alpha value is -0.730. The van der Waals surface area contributed by atoms with Crippen molar-refractivity contribution in [3.8, 4) is 0 Å². The van der Waals surface area contributed by atoms with E-state index < -0.39 is 0 Å². The van der Waals surface area contributed by atoms with Crippen LogP contribution in [0.15, 0.2) is 0 Å². The van der Waals surface area contributed by atoms with Gasteiger partial charge in [-0.1, -0.05) is 13.8 Å². The van der Waals surface area contributed by atoms with Crippen molar-refractivity contribution in [3.05, 3.63) is 5.21 Å². The maximum atomic E-state index is 10.7. The van der Waals surface area contributed by atoms with E-state index in [2.05, 4.69) is 0 Å². The van der Waals surface area contributed by atoms with Gasteiger partial charge in [-0.05, 0) is 0 Å². The van der Waals surface area contributed by atoms with E-state index in [1.165, 1.54) is 0 Å². The molecule has 1 heterocycles. The minimum Gasteiger partial charge on any atom is -0.715 e. The van der Waals surface area contributed by atoms with Gasteiger partial charge in [-0.3, -0.25) is 10.5 Å². The van der Waals surface area contributed by atoms with Crippen molar-refractivity contribution >= 4 is 5.84 Å². The Bertz CT molecular complexity index is 144. The zero-order valence-corrected chi connectivity index (χ0v) is 5.85. The summed E-state index contributed by atoms with van der Waals surface area (Å²) in [7, 11) is 0. The second kappa shape index (κ2) is 1.62. The van der Waals surface area contributed by atoms with Crippen molar-refractivity contribution in [2.24, 2.45) is 11.1 Å². The molecule has 3 nitrogen and oxygen atoms in total. The number of nitrogens with two attached hydrogens (primary N) is 1. The molecule has 0 amide bonds. The molecule has 0 aliphatic carbocycles. The summed E-state index contributed by atoms with van der Waals surface area (Å²) in [5, 5.41) is 10.7. The molecule has 0 fully saturated rings. The van der Waals surface area contributed by atoms with Crippen LogP contribution in [-0.2, 0) is 0 Å². The van der Waals surface area contributed by atoms with E-state index in [0.29, 0.717) is 12.4 Å². The molecule has 1 rings (SSSR count). The first-order valence-corrected chi connectivity index (χ1v) is 3.07. The fourth-order valence-corrected chi connectivity index (χ4v) is 1.12.